The number of hydrogen-bond donors (Lipinski definition) is 0. The van der Waals surface area contributed by atoms with Crippen molar-refractivity contribution in [2.75, 3.05) is 5.75 Å². The molecule has 1 rings (SSSR count). The lowest BCUT2D eigenvalue weighted by Crippen LogP contribution is -1.81. The Bertz CT molecular complexity index is 236. The molecule has 0 saturated carbocycles. The highest BCUT2D eigenvalue weighted by molar-refractivity contribution is 7.98. The summed E-state index contributed by atoms with van der Waals surface area (Å²) < 4.78 is 0. The van der Waals surface area contributed by atoms with Crippen molar-refractivity contribution in [1.29, 1.82) is 0 Å². The maximum absolute atomic E-state index is 3.69. The van der Waals surface area contributed by atoms with Crippen LogP contribution < -0.4 is 0 Å². The molecule has 0 aliphatic rings. The summed E-state index contributed by atoms with van der Waals surface area (Å²) in [7, 11) is 0. The molecule has 0 unspecified atom stereocenters. The van der Waals surface area contributed by atoms with Crippen LogP contribution in [0.25, 0.3) is 0 Å². The average Bonchev–Trinajstić information content (AvgIpc) is 2.09. The van der Waals surface area contributed by atoms with E-state index in [-0.39, 0.29) is 0 Å². The lowest BCUT2D eigenvalue weighted by Gasteiger charge is -1.99. The van der Waals surface area contributed by atoms with Crippen molar-refractivity contribution in [2.24, 2.45) is 0 Å². The largest absolute Gasteiger partial charge is 0.153 e. The third-order valence-corrected chi connectivity index (χ3v) is 2.63. The molecule has 0 aliphatic carbocycles. The van der Waals surface area contributed by atoms with Gasteiger partial charge in [-0.25, -0.2) is 0 Å². The smallest absolute Gasteiger partial charge is 0.0187 e. The molecule has 64 valence electrons. The molecule has 0 amide bonds. The Morgan fingerprint density at radius 1 is 1.33 bits per heavy atom. The number of benzene rings is 1. The molecule has 0 fully saturated rings. The summed E-state index contributed by atoms with van der Waals surface area (Å²) >= 11 is 1.89. The maximum Gasteiger partial charge on any atom is 0.0187 e. The van der Waals surface area contributed by atoms with Gasteiger partial charge in [0.25, 0.3) is 0 Å². The topological polar surface area (TPSA) is 0 Å². The zero-order valence-corrected chi connectivity index (χ0v) is 8.23. The van der Waals surface area contributed by atoms with Crippen molar-refractivity contribution in [2.45, 2.75) is 12.7 Å². The molecule has 0 radical (unpaired) electrons. The molecule has 1 heteroatoms. The van der Waals surface area contributed by atoms with E-state index < -0.39 is 0 Å². The SMILES string of the molecule is C=CCSCc1ccc(C)cc1. The Labute approximate surface area is 78.7 Å². The van der Waals surface area contributed by atoms with Crippen molar-refractivity contribution in [3.63, 3.8) is 0 Å². The molecule has 0 bridgehead atoms. The van der Waals surface area contributed by atoms with E-state index in [1.165, 1.54) is 11.1 Å². The first-order valence-corrected chi connectivity index (χ1v) is 5.22. The van der Waals surface area contributed by atoms with E-state index in [0.717, 1.165) is 11.5 Å². The Morgan fingerprint density at radius 2 is 2.00 bits per heavy atom. The van der Waals surface area contributed by atoms with Gasteiger partial charge in [0.05, 0.1) is 0 Å². The molecule has 1 aromatic carbocycles. The minimum Gasteiger partial charge on any atom is -0.153 e. The van der Waals surface area contributed by atoms with Crippen molar-refractivity contribution in [1.82, 2.24) is 0 Å². The lowest BCUT2D eigenvalue weighted by molar-refractivity contribution is 1.37. The second-order valence-corrected chi connectivity index (χ2v) is 3.82. The first kappa shape index (κ1) is 9.40. The summed E-state index contributed by atoms with van der Waals surface area (Å²) in [6.45, 7) is 5.80. The van der Waals surface area contributed by atoms with Gasteiger partial charge in [-0.05, 0) is 12.5 Å². The zero-order chi connectivity index (χ0) is 8.81. The molecule has 0 aromatic heterocycles. The van der Waals surface area contributed by atoms with E-state index >= 15 is 0 Å². The monoisotopic (exact) mass is 178 g/mol. The maximum atomic E-state index is 3.69. The van der Waals surface area contributed by atoms with E-state index in [4.69, 9.17) is 0 Å². The summed E-state index contributed by atoms with van der Waals surface area (Å²) in [5.41, 5.74) is 2.72. The van der Waals surface area contributed by atoms with Crippen molar-refractivity contribution in [3.8, 4) is 0 Å². The van der Waals surface area contributed by atoms with E-state index in [0.29, 0.717) is 0 Å². The van der Waals surface area contributed by atoms with Gasteiger partial charge in [-0.15, -0.1) is 6.58 Å². The van der Waals surface area contributed by atoms with Crippen molar-refractivity contribution in [3.05, 3.63) is 48.0 Å². The van der Waals surface area contributed by atoms with Crippen LogP contribution in [0.2, 0.25) is 0 Å². The number of hydrogen-bond acceptors (Lipinski definition) is 1. The second kappa shape index (κ2) is 5.04. The summed E-state index contributed by atoms with van der Waals surface area (Å²) in [5.74, 6) is 2.13. The zero-order valence-electron chi connectivity index (χ0n) is 7.42. The minimum absolute atomic E-state index is 1.04. The van der Waals surface area contributed by atoms with Crippen LogP contribution in [0.5, 0.6) is 0 Å². The van der Waals surface area contributed by atoms with E-state index in [1.807, 2.05) is 17.8 Å². The van der Waals surface area contributed by atoms with Gasteiger partial charge in [-0.3, -0.25) is 0 Å². The normalized spacial score (nSPS) is 9.75. The van der Waals surface area contributed by atoms with Crippen LogP contribution >= 0.6 is 11.8 Å². The molecular weight excluding hydrogens is 164 g/mol. The van der Waals surface area contributed by atoms with Crippen molar-refractivity contribution >= 4 is 11.8 Å². The Kier molecular flexibility index (Phi) is 3.95. The first-order chi connectivity index (χ1) is 5.83. The Morgan fingerprint density at radius 3 is 2.58 bits per heavy atom. The van der Waals surface area contributed by atoms with Gasteiger partial charge in [0.1, 0.15) is 0 Å². The van der Waals surface area contributed by atoms with Crippen LogP contribution in [-0.2, 0) is 5.75 Å². The molecule has 0 saturated heterocycles. The van der Waals surface area contributed by atoms with Gasteiger partial charge in [0.2, 0.25) is 0 Å². The number of aryl methyl sites for hydroxylation is 1. The lowest BCUT2D eigenvalue weighted by atomic mass is 10.2. The van der Waals surface area contributed by atoms with Crippen LogP contribution in [0.15, 0.2) is 36.9 Å². The molecule has 0 spiro atoms. The van der Waals surface area contributed by atoms with Crippen LogP contribution in [0, 0.1) is 6.92 Å². The van der Waals surface area contributed by atoms with Gasteiger partial charge >= 0.3 is 0 Å². The number of thioether (sulfide) groups is 1. The van der Waals surface area contributed by atoms with E-state index in [1.54, 1.807) is 0 Å². The van der Waals surface area contributed by atoms with Crippen LogP contribution in [0.3, 0.4) is 0 Å². The predicted molar refractivity (Wildman–Crippen MR) is 57.5 cm³/mol. The summed E-state index contributed by atoms with van der Waals surface area (Å²) in [4.78, 5) is 0. The highest BCUT2D eigenvalue weighted by atomic mass is 32.2. The fraction of sp³-hybridized carbons (Fsp3) is 0.273. The van der Waals surface area contributed by atoms with Gasteiger partial charge in [0, 0.05) is 11.5 Å². The average molecular weight is 178 g/mol. The fourth-order valence-corrected chi connectivity index (χ4v) is 1.66. The van der Waals surface area contributed by atoms with Gasteiger partial charge < -0.3 is 0 Å². The summed E-state index contributed by atoms with van der Waals surface area (Å²) in [5, 5.41) is 0. The predicted octanol–water partition coefficient (Wildman–Crippen LogP) is 3.41. The molecule has 0 aliphatic heterocycles. The minimum atomic E-state index is 1.04. The molecule has 0 heterocycles. The molecule has 12 heavy (non-hydrogen) atoms. The van der Waals surface area contributed by atoms with Gasteiger partial charge in [-0.1, -0.05) is 35.9 Å². The second-order valence-electron chi connectivity index (χ2n) is 2.79. The third-order valence-electron chi connectivity index (χ3n) is 1.63. The first-order valence-electron chi connectivity index (χ1n) is 4.07. The molecule has 0 N–H and O–H groups in total. The van der Waals surface area contributed by atoms with Gasteiger partial charge in [-0.2, -0.15) is 11.8 Å². The Balaban J connectivity index is 2.42. The van der Waals surface area contributed by atoms with Gasteiger partial charge in [0.15, 0.2) is 0 Å². The molecule has 1 aromatic rings. The quantitative estimate of drug-likeness (QED) is 0.503. The third kappa shape index (κ3) is 3.14. The molecule has 0 nitrogen and oxygen atoms in total. The summed E-state index contributed by atoms with van der Waals surface area (Å²) in [6, 6.07) is 8.68. The van der Waals surface area contributed by atoms with E-state index in [2.05, 4.69) is 37.8 Å². The fourth-order valence-electron chi connectivity index (χ4n) is 0.944. The highest BCUT2D eigenvalue weighted by Crippen LogP contribution is 2.12. The van der Waals surface area contributed by atoms with E-state index in [9.17, 15) is 0 Å². The van der Waals surface area contributed by atoms with Crippen LogP contribution in [0.4, 0.5) is 0 Å². The van der Waals surface area contributed by atoms with Crippen molar-refractivity contribution < 1.29 is 0 Å². The summed E-state index contributed by atoms with van der Waals surface area (Å²) in [6.07, 6.45) is 1.94. The highest BCUT2D eigenvalue weighted by Gasteiger charge is 1.90. The van der Waals surface area contributed by atoms with Crippen LogP contribution in [-0.4, -0.2) is 5.75 Å². The molecule has 0 atom stereocenters. The Hall–Kier alpha value is -0.690. The van der Waals surface area contributed by atoms with Crippen LogP contribution in [0.1, 0.15) is 11.1 Å². The number of rotatable bonds is 4. The molecular formula is C11H14S. The standard InChI is InChI=1S/C11H14S/c1-3-8-12-9-11-6-4-10(2)5-7-11/h3-7H,1,8-9H2,2H3.